The summed E-state index contributed by atoms with van der Waals surface area (Å²) in [4.78, 5) is 13.0. The molecule has 9 heteroatoms. The van der Waals surface area contributed by atoms with Crippen LogP contribution in [0.2, 0.25) is 10.0 Å². The monoisotopic (exact) mass is 469 g/mol. The van der Waals surface area contributed by atoms with Crippen LogP contribution >= 0.6 is 23.2 Å². The van der Waals surface area contributed by atoms with E-state index in [0.717, 1.165) is 17.0 Å². The quantitative estimate of drug-likeness (QED) is 0.396. The van der Waals surface area contributed by atoms with Crippen LogP contribution in [0.15, 0.2) is 60.8 Å². The molecular formula is C23H21Cl2N5O2. The molecule has 2 aromatic carbocycles. The predicted octanol–water partition coefficient (Wildman–Crippen LogP) is 5.34. The first-order chi connectivity index (χ1) is 15.4. The van der Waals surface area contributed by atoms with Gasteiger partial charge in [0, 0.05) is 11.2 Å². The Morgan fingerprint density at radius 2 is 1.88 bits per heavy atom. The zero-order chi connectivity index (χ0) is 22.7. The summed E-state index contributed by atoms with van der Waals surface area (Å²) in [5, 5.41) is 12.9. The average Bonchev–Trinajstić information content (AvgIpc) is 3.33. The molecule has 1 N–H and O–H groups in total. The first-order valence-electron chi connectivity index (χ1n) is 9.91. The van der Waals surface area contributed by atoms with E-state index in [0.29, 0.717) is 33.7 Å². The normalized spacial score (nSPS) is 10.9. The lowest BCUT2D eigenvalue weighted by atomic mass is 10.2. The number of para-hydroxylation sites is 1. The molecule has 4 rings (SSSR count). The van der Waals surface area contributed by atoms with E-state index in [4.69, 9.17) is 27.9 Å². The van der Waals surface area contributed by atoms with E-state index in [9.17, 15) is 4.79 Å². The summed E-state index contributed by atoms with van der Waals surface area (Å²) in [6, 6.07) is 16.4. The summed E-state index contributed by atoms with van der Waals surface area (Å²) in [5.74, 6) is 0.212. The van der Waals surface area contributed by atoms with E-state index in [1.807, 2.05) is 54.9 Å². The summed E-state index contributed by atoms with van der Waals surface area (Å²) in [6.45, 7) is 4.37. The van der Waals surface area contributed by atoms with Crippen LogP contribution in [0.4, 0.5) is 5.69 Å². The Morgan fingerprint density at radius 3 is 2.66 bits per heavy atom. The molecule has 4 aromatic rings. The molecule has 0 saturated heterocycles. The number of aryl methyl sites for hydroxylation is 1. The number of nitrogens with one attached hydrogen (secondary N) is 1. The van der Waals surface area contributed by atoms with Crippen molar-refractivity contribution in [2.24, 2.45) is 0 Å². The van der Waals surface area contributed by atoms with Crippen LogP contribution in [0.1, 0.15) is 27.4 Å². The third-order valence-electron chi connectivity index (χ3n) is 4.97. The minimum atomic E-state index is -0.307. The molecule has 32 heavy (non-hydrogen) atoms. The third kappa shape index (κ3) is 4.79. The van der Waals surface area contributed by atoms with Gasteiger partial charge in [-0.15, -0.1) is 0 Å². The van der Waals surface area contributed by atoms with Gasteiger partial charge in [0.15, 0.2) is 6.73 Å². The molecular weight excluding hydrogens is 449 g/mol. The fourth-order valence-corrected chi connectivity index (χ4v) is 3.74. The third-order valence-corrected chi connectivity index (χ3v) is 5.52. The van der Waals surface area contributed by atoms with Crippen molar-refractivity contribution in [3.63, 3.8) is 0 Å². The number of carbonyl (C=O) groups excluding carboxylic acids is 1. The highest BCUT2D eigenvalue weighted by molar-refractivity contribution is 6.32. The lowest BCUT2D eigenvalue weighted by Crippen LogP contribution is -2.20. The van der Waals surface area contributed by atoms with Crippen LogP contribution in [0.5, 0.6) is 5.75 Å². The van der Waals surface area contributed by atoms with Gasteiger partial charge >= 0.3 is 0 Å². The van der Waals surface area contributed by atoms with Crippen LogP contribution in [0.25, 0.3) is 0 Å². The van der Waals surface area contributed by atoms with Gasteiger partial charge in [-0.25, -0.2) is 4.68 Å². The molecule has 164 valence electrons. The molecule has 0 aliphatic carbocycles. The van der Waals surface area contributed by atoms with Crippen LogP contribution in [-0.4, -0.2) is 25.5 Å². The van der Waals surface area contributed by atoms with Crippen LogP contribution < -0.4 is 10.1 Å². The molecule has 2 heterocycles. The number of amides is 1. The molecule has 0 spiro atoms. The van der Waals surface area contributed by atoms with Gasteiger partial charge in [0.1, 0.15) is 11.4 Å². The van der Waals surface area contributed by atoms with Crippen molar-refractivity contribution >= 4 is 34.8 Å². The van der Waals surface area contributed by atoms with Gasteiger partial charge in [0.2, 0.25) is 0 Å². The number of ether oxygens (including phenoxy) is 1. The van der Waals surface area contributed by atoms with Crippen molar-refractivity contribution in [1.82, 2.24) is 19.6 Å². The number of carbonyl (C=O) groups is 1. The Bertz CT molecular complexity index is 1270. The van der Waals surface area contributed by atoms with E-state index in [1.165, 1.54) is 4.68 Å². The van der Waals surface area contributed by atoms with Crippen LogP contribution in [0.3, 0.4) is 0 Å². The predicted molar refractivity (Wildman–Crippen MR) is 125 cm³/mol. The number of halogens is 2. The second-order valence-corrected chi connectivity index (χ2v) is 8.05. The Morgan fingerprint density at radius 1 is 1.06 bits per heavy atom. The van der Waals surface area contributed by atoms with Crippen molar-refractivity contribution in [1.29, 1.82) is 0 Å². The van der Waals surface area contributed by atoms with Crippen molar-refractivity contribution in [3.05, 3.63) is 93.5 Å². The number of anilines is 1. The van der Waals surface area contributed by atoms with E-state index in [-0.39, 0.29) is 12.6 Å². The maximum Gasteiger partial charge on any atom is 0.274 e. The standard InChI is InChI=1S/C23H21Cl2N5O2/c1-15-22(16(2)29(28-15)13-17-6-5-7-18(24)12-17)27-23(31)20-10-11-26-30(20)14-32-21-9-4-3-8-19(21)25/h3-12H,13-14H2,1-2H3,(H,27,31). The highest BCUT2D eigenvalue weighted by Gasteiger charge is 2.18. The SMILES string of the molecule is Cc1nn(Cc2cccc(Cl)c2)c(C)c1NC(=O)c1ccnn1COc1ccccc1Cl. The highest BCUT2D eigenvalue weighted by atomic mass is 35.5. The molecule has 0 fully saturated rings. The molecule has 0 bridgehead atoms. The lowest BCUT2D eigenvalue weighted by Gasteiger charge is -2.11. The zero-order valence-corrected chi connectivity index (χ0v) is 19.1. The smallest absolute Gasteiger partial charge is 0.274 e. The van der Waals surface area contributed by atoms with E-state index < -0.39 is 0 Å². The second-order valence-electron chi connectivity index (χ2n) is 7.21. The van der Waals surface area contributed by atoms with E-state index in [1.54, 1.807) is 24.4 Å². The van der Waals surface area contributed by atoms with Gasteiger partial charge in [0.25, 0.3) is 5.91 Å². The summed E-state index contributed by atoms with van der Waals surface area (Å²) in [7, 11) is 0. The number of aromatic nitrogens is 4. The van der Waals surface area contributed by atoms with E-state index >= 15 is 0 Å². The average molecular weight is 470 g/mol. The number of nitrogens with zero attached hydrogens (tertiary/aromatic N) is 4. The lowest BCUT2D eigenvalue weighted by molar-refractivity contribution is 0.100. The van der Waals surface area contributed by atoms with Crippen molar-refractivity contribution in [2.75, 3.05) is 5.32 Å². The maximum absolute atomic E-state index is 13.0. The Balaban J connectivity index is 1.48. The van der Waals surface area contributed by atoms with Crippen molar-refractivity contribution in [2.45, 2.75) is 27.1 Å². The first kappa shape index (κ1) is 21.9. The largest absolute Gasteiger partial charge is 0.470 e. The van der Waals surface area contributed by atoms with Gasteiger partial charge in [-0.2, -0.15) is 10.2 Å². The Hall–Kier alpha value is -3.29. The number of hydrogen-bond acceptors (Lipinski definition) is 4. The molecule has 0 atom stereocenters. The van der Waals surface area contributed by atoms with E-state index in [2.05, 4.69) is 15.5 Å². The zero-order valence-electron chi connectivity index (χ0n) is 17.5. The molecule has 2 aromatic heterocycles. The summed E-state index contributed by atoms with van der Waals surface area (Å²) in [6.07, 6.45) is 1.55. The topological polar surface area (TPSA) is 74.0 Å². The molecule has 0 aliphatic heterocycles. The number of rotatable bonds is 7. The first-order valence-corrected chi connectivity index (χ1v) is 10.7. The molecule has 0 unspecified atom stereocenters. The molecule has 0 saturated carbocycles. The number of hydrogen-bond donors (Lipinski definition) is 1. The Labute approximate surface area is 195 Å². The molecule has 0 radical (unpaired) electrons. The summed E-state index contributed by atoms with van der Waals surface area (Å²) < 4.78 is 9.02. The number of benzene rings is 2. The van der Waals surface area contributed by atoms with Gasteiger partial charge in [-0.1, -0.05) is 47.5 Å². The highest BCUT2D eigenvalue weighted by Crippen LogP contribution is 2.24. The van der Waals surface area contributed by atoms with Gasteiger partial charge < -0.3 is 10.1 Å². The van der Waals surface area contributed by atoms with Gasteiger partial charge in [0.05, 0.1) is 28.6 Å². The molecule has 1 amide bonds. The van der Waals surface area contributed by atoms with Gasteiger partial charge in [-0.05, 0) is 49.7 Å². The molecule has 0 aliphatic rings. The maximum atomic E-state index is 13.0. The van der Waals surface area contributed by atoms with Crippen LogP contribution in [-0.2, 0) is 13.3 Å². The minimum absolute atomic E-state index is 0.0471. The fraction of sp³-hybridized carbons (Fsp3) is 0.174. The van der Waals surface area contributed by atoms with Gasteiger partial charge in [-0.3, -0.25) is 9.48 Å². The molecule has 7 nitrogen and oxygen atoms in total. The van der Waals surface area contributed by atoms with Crippen molar-refractivity contribution in [3.8, 4) is 5.75 Å². The van der Waals surface area contributed by atoms with Crippen molar-refractivity contribution < 1.29 is 9.53 Å². The summed E-state index contributed by atoms with van der Waals surface area (Å²) >= 11 is 12.2. The second kappa shape index (κ2) is 9.46. The Kier molecular flexibility index (Phi) is 6.48. The van der Waals surface area contributed by atoms with Crippen LogP contribution in [0, 0.1) is 13.8 Å². The summed E-state index contributed by atoms with van der Waals surface area (Å²) in [5.41, 5.74) is 3.61. The fourth-order valence-electron chi connectivity index (χ4n) is 3.34. The minimum Gasteiger partial charge on any atom is -0.470 e.